The molecule has 2 aromatic rings. The highest BCUT2D eigenvalue weighted by molar-refractivity contribution is 5.92. The van der Waals surface area contributed by atoms with Crippen LogP contribution in [0.25, 0.3) is 6.08 Å². The molecule has 1 heterocycles. The topological polar surface area (TPSA) is 51.2 Å². The third-order valence-electron chi connectivity index (χ3n) is 5.61. The lowest BCUT2D eigenvalue weighted by molar-refractivity contribution is -0.126. The number of benzene rings is 2. The molecule has 1 saturated heterocycles. The van der Waals surface area contributed by atoms with E-state index in [2.05, 4.69) is 36.9 Å². The molecular formula is C24H30N2O4. The highest BCUT2D eigenvalue weighted by Gasteiger charge is 2.21. The maximum atomic E-state index is 12.7. The fourth-order valence-electron chi connectivity index (χ4n) is 3.72. The lowest BCUT2D eigenvalue weighted by atomic mass is 10.1. The summed E-state index contributed by atoms with van der Waals surface area (Å²) in [6.45, 7) is 7.34. The van der Waals surface area contributed by atoms with Crippen LogP contribution >= 0.6 is 0 Å². The van der Waals surface area contributed by atoms with Crippen molar-refractivity contribution in [1.82, 2.24) is 4.90 Å². The summed E-state index contributed by atoms with van der Waals surface area (Å²) in [4.78, 5) is 16.9. The maximum Gasteiger partial charge on any atom is 0.246 e. The number of nitrogens with zero attached hydrogens (tertiary/aromatic N) is 2. The molecule has 160 valence electrons. The Morgan fingerprint density at radius 1 is 0.933 bits per heavy atom. The van der Waals surface area contributed by atoms with E-state index in [0.29, 0.717) is 30.3 Å². The van der Waals surface area contributed by atoms with Crippen LogP contribution in [0.2, 0.25) is 0 Å². The second-order valence-corrected chi connectivity index (χ2v) is 7.32. The molecular weight excluding hydrogens is 380 g/mol. The van der Waals surface area contributed by atoms with Gasteiger partial charge in [0.25, 0.3) is 0 Å². The van der Waals surface area contributed by atoms with Crippen molar-refractivity contribution in [3.05, 3.63) is 53.1 Å². The Labute approximate surface area is 178 Å². The maximum absolute atomic E-state index is 12.7. The number of hydrogen-bond donors (Lipinski definition) is 0. The summed E-state index contributed by atoms with van der Waals surface area (Å²) in [6.07, 6.45) is 3.39. The first-order valence-corrected chi connectivity index (χ1v) is 10.1. The number of methoxy groups -OCH3 is 3. The van der Waals surface area contributed by atoms with E-state index in [0.717, 1.165) is 18.7 Å². The minimum atomic E-state index is 0.00404. The average Bonchev–Trinajstić information content (AvgIpc) is 2.78. The van der Waals surface area contributed by atoms with Crippen molar-refractivity contribution in [2.75, 3.05) is 52.4 Å². The van der Waals surface area contributed by atoms with E-state index in [9.17, 15) is 4.79 Å². The number of amides is 1. The number of aryl methyl sites for hydroxylation is 1. The summed E-state index contributed by atoms with van der Waals surface area (Å²) >= 11 is 0. The molecule has 1 aliphatic heterocycles. The summed E-state index contributed by atoms with van der Waals surface area (Å²) in [5.74, 6) is 1.66. The van der Waals surface area contributed by atoms with Crippen molar-refractivity contribution < 1.29 is 19.0 Å². The highest BCUT2D eigenvalue weighted by atomic mass is 16.5. The molecule has 1 fully saturated rings. The van der Waals surface area contributed by atoms with Gasteiger partial charge in [-0.1, -0.05) is 12.1 Å². The van der Waals surface area contributed by atoms with Gasteiger partial charge in [-0.05, 0) is 54.8 Å². The molecule has 1 aliphatic rings. The van der Waals surface area contributed by atoms with Gasteiger partial charge in [0.15, 0.2) is 11.5 Å². The molecule has 0 atom stereocenters. The van der Waals surface area contributed by atoms with E-state index in [1.807, 2.05) is 17.0 Å². The molecule has 0 radical (unpaired) electrons. The lowest BCUT2D eigenvalue weighted by Crippen LogP contribution is -2.48. The van der Waals surface area contributed by atoms with Crippen LogP contribution in [0.15, 0.2) is 36.4 Å². The van der Waals surface area contributed by atoms with E-state index in [1.165, 1.54) is 16.8 Å². The number of anilines is 1. The van der Waals surface area contributed by atoms with Crippen LogP contribution in [-0.4, -0.2) is 58.3 Å². The lowest BCUT2D eigenvalue weighted by Gasteiger charge is -2.36. The molecule has 30 heavy (non-hydrogen) atoms. The van der Waals surface area contributed by atoms with Crippen LogP contribution in [0.5, 0.6) is 17.2 Å². The molecule has 0 unspecified atom stereocenters. The monoisotopic (exact) mass is 410 g/mol. The molecule has 0 aliphatic carbocycles. The zero-order chi connectivity index (χ0) is 21.7. The number of hydrogen-bond acceptors (Lipinski definition) is 5. The minimum Gasteiger partial charge on any atom is -0.493 e. The molecule has 6 heteroatoms. The Morgan fingerprint density at radius 2 is 1.57 bits per heavy atom. The Hall–Kier alpha value is -3.15. The molecule has 6 nitrogen and oxygen atoms in total. The predicted molar refractivity (Wildman–Crippen MR) is 120 cm³/mol. The van der Waals surface area contributed by atoms with Crippen LogP contribution in [0.3, 0.4) is 0 Å². The summed E-state index contributed by atoms with van der Waals surface area (Å²) in [5.41, 5.74) is 4.67. The van der Waals surface area contributed by atoms with Crippen LogP contribution in [0.1, 0.15) is 16.7 Å². The van der Waals surface area contributed by atoms with E-state index >= 15 is 0 Å². The fourth-order valence-corrected chi connectivity index (χ4v) is 3.72. The average molecular weight is 411 g/mol. The number of piperazine rings is 1. The summed E-state index contributed by atoms with van der Waals surface area (Å²) in [5, 5.41) is 0. The van der Waals surface area contributed by atoms with Gasteiger partial charge in [0.2, 0.25) is 11.7 Å². The van der Waals surface area contributed by atoms with Crippen molar-refractivity contribution in [2.45, 2.75) is 13.8 Å². The Balaban J connectivity index is 1.66. The van der Waals surface area contributed by atoms with Gasteiger partial charge >= 0.3 is 0 Å². The van der Waals surface area contributed by atoms with E-state index in [1.54, 1.807) is 33.5 Å². The van der Waals surface area contributed by atoms with Gasteiger partial charge in [0.05, 0.1) is 21.3 Å². The third kappa shape index (κ3) is 4.53. The molecule has 2 aromatic carbocycles. The molecule has 0 saturated carbocycles. The Bertz CT molecular complexity index is 906. The molecule has 0 N–H and O–H groups in total. The standard InChI is InChI=1S/C24H30N2O4/c1-17-7-6-8-20(18(17)2)25-11-13-26(14-12-25)23(27)10-9-19-15-21(28-3)24(30-5)22(16-19)29-4/h6-10,15-16H,11-14H2,1-5H3/b10-9+. The van der Waals surface area contributed by atoms with Crippen LogP contribution in [0, 0.1) is 13.8 Å². The summed E-state index contributed by atoms with van der Waals surface area (Å²) < 4.78 is 16.1. The molecule has 3 rings (SSSR count). The minimum absolute atomic E-state index is 0.00404. The highest BCUT2D eigenvalue weighted by Crippen LogP contribution is 2.38. The van der Waals surface area contributed by atoms with Crippen molar-refractivity contribution in [2.24, 2.45) is 0 Å². The second kappa shape index (κ2) is 9.57. The smallest absolute Gasteiger partial charge is 0.246 e. The van der Waals surface area contributed by atoms with Crippen LogP contribution in [-0.2, 0) is 4.79 Å². The fraction of sp³-hybridized carbons (Fsp3) is 0.375. The van der Waals surface area contributed by atoms with E-state index in [4.69, 9.17) is 14.2 Å². The first-order valence-electron chi connectivity index (χ1n) is 10.1. The molecule has 1 amide bonds. The second-order valence-electron chi connectivity index (χ2n) is 7.32. The van der Waals surface area contributed by atoms with Gasteiger partial charge in [-0.2, -0.15) is 0 Å². The van der Waals surface area contributed by atoms with E-state index in [-0.39, 0.29) is 5.91 Å². The van der Waals surface area contributed by atoms with E-state index < -0.39 is 0 Å². The SMILES string of the molecule is COc1cc(/C=C/C(=O)N2CCN(c3cccc(C)c3C)CC2)cc(OC)c1OC. The zero-order valence-electron chi connectivity index (χ0n) is 18.4. The van der Waals surface area contributed by atoms with Crippen molar-refractivity contribution >= 4 is 17.7 Å². The Kier molecular flexibility index (Phi) is 6.87. The number of carbonyl (C=O) groups excluding carboxylic acids is 1. The number of rotatable bonds is 6. The van der Waals surface area contributed by atoms with Gasteiger partial charge in [-0.3, -0.25) is 4.79 Å². The normalized spacial score (nSPS) is 14.2. The van der Waals surface area contributed by atoms with Gasteiger partial charge in [-0.15, -0.1) is 0 Å². The number of carbonyl (C=O) groups is 1. The Morgan fingerprint density at radius 3 is 2.13 bits per heavy atom. The first-order chi connectivity index (χ1) is 14.5. The van der Waals surface area contributed by atoms with Gasteiger partial charge in [-0.25, -0.2) is 0 Å². The van der Waals surface area contributed by atoms with Gasteiger partial charge < -0.3 is 24.0 Å². The molecule has 0 bridgehead atoms. The zero-order valence-corrected chi connectivity index (χ0v) is 18.4. The molecule has 0 aromatic heterocycles. The third-order valence-corrected chi connectivity index (χ3v) is 5.61. The summed E-state index contributed by atoms with van der Waals surface area (Å²) in [6, 6.07) is 10.0. The largest absolute Gasteiger partial charge is 0.493 e. The number of ether oxygens (including phenoxy) is 3. The predicted octanol–water partition coefficient (Wildman–Crippen LogP) is 3.69. The van der Waals surface area contributed by atoms with Crippen molar-refractivity contribution in [3.8, 4) is 17.2 Å². The van der Waals surface area contributed by atoms with Gasteiger partial charge in [0.1, 0.15) is 0 Å². The summed E-state index contributed by atoms with van der Waals surface area (Å²) in [7, 11) is 4.72. The molecule has 0 spiro atoms. The van der Waals surface area contributed by atoms with Crippen LogP contribution in [0.4, 0.5) is 5.69 Å². The van der Waals surface area contributed by atoms with Crippen molar-refractivity contribution in [1.29, 1.82) is 0 Å². The van der Waals surface area contributed by atoms with Crippen LogP contribution < -0.4 is 19.1 Å². The van der Waals surface area contributed by atoms with Gasteiger partial charge in [0, 0.05) is 37.9 Å². The van der Waals surface area contributed by atoms with Crippen molar-refractivity contribution in [3.63, 3.8) is 0 Å². The first kappa shape index (κ1) is 21.6. The quantitative estimate of drug-likeness (QED) is 0.680.